The third-order valence-corrected chi connectivity index (χ3v) is 2.29. The van der Waals surface area contributed by atoms with Crippen molar-refractivity contribution in [3.8, 4) is 0 Å². The minimum Gasteiger partial charge on any atom is -0.324 e. The number of amides is 1. The number of halogens is 4. The molecule has 1 aromatic rings. The van der Waals surface area contributed by atoms with E-state index in [2.05, 4.69) is 26.2 Å². The third kappa shape index (κ3) is 5.64. The van der Waals surface area contributed by atoms with Gasteiger partial charge in [-0.3, -0.25) is 9.78 Å². The molecule has 0 saturated heterocycles. The molecule has 1 aromatic heterocycles. The minimum absolute atomic E-state index is 0.408. The number of rotatable bonds is 4. The molecule has 1 heterocycles. The summed E-state index contributed by atoms with van der Waals surface area (Å²) in [5, 5.41) is 4.44. The molecule has 0 aliphatic heterocycles. The average Bonchev–Trinajstić information content (AvgIpc) is 2.19. The van der Waals surface area contributed by atoms with Gasteiger partial charge in [-0.1, -0.05) is 0 Å². The summed E-state index contributed by atoms with van der Waals surface area (Å²) < 4.78 is 35.9. The first-order chi connectivity index (χ1) is 7.88. The van der Waals surface area contributed by atoms with Crippen molar-refractivity contribution in [2.45, 2.75) is 6.18 Å². The van der Waals surface area contributed by atoms with Crippen LogP contribution in [0.4, 0.5) is 18.9 Å². The standard InChI is InChI=1S/C9H9BrF3N3O/c10-6-3-14-2-1-7(6)16-8(17)4-15-5-9(11,12)13/h1-3,15H,4-5H2,(H,14,16,17). The molecule has 0 aliphatic carbocycles. The summed E-state index contributed by atoms with van der Waals surface area (Å²) in [5.74, 6) is -0.554. The van der Waals surface area contributed by atoms with Crippen molar-refractivity contribution in [3.63, 3.8) is 0 Å². The number of hydrogen-bond donors (Lipinski definition) is 2. The van der Waals surface area contributed by atoms with Crippen LogP contribution < -0.4 is 10.6 Å². The Morgan fingerprint density at radius 1 is 1.47 bits per heavy atom. The van der Waals surface area contributed by atoms with Crippen LogP contribution in [0.15, 0.2) is 22.9 Å². The van der Waals surface area contributed by atoms with E-state index in [4.69, 9.17) is 0 Å². The largest absolute Gasteiger partial charge is 0.401 e. The second-order valence-corrected chi connectivity index (χ2v) is 3.98. The molecule has 0 bridgehead atoms. The Bertz CT molecular complexity index is 397. The lowest BCUT2D eigenvalue weighted by Crippen LogP contribution is -2.35. The maximum Gasteiger partial charge on any atom is 0.401 e. The summed E-state index contributed by atoms with van der Waals surface area (Å²) in [6, 6.07) is 1.53. The molecule has 4 nitrogen and oxygen atoms in total. The molecule has 8 heteroatoms. The van der Waals surface area contributed by atoms with Gasteiger partial charge in [-0.2, -0.15) is 13.2 Å². The van der Waals surface area contributed by atoms with Crippen LogP contribution >= 0.6 is 15.9 Å². The van der Waals surface area contributed by atoms with Gasteiger partial charge in [0, 0.05) is 12.4 Å². The lowest BCUT2D eigenvalue weighted by Gasteiger charge is -2.09. The number of aromatic nitrogens is 1. The van der Waals surface area contributed by atoms with E-state index < -0.39 is 25.2 Å². The van der Waals surface area contributed by atoms with Crippen LogP contribution in [0.2, 0.25) is 0 Å². The molecule has 94 valence electrons. The summed E-state index contributed by atoms with van der Waals surface area (Å²) in [6.07, 6.45) is -1.39. The van der Waals surface area contributed by atoms with E-state index in [1.807, 2.05) is 5.32 Å². The number of nitrogens with zero attached hydrogens (tertiary/aromatic N) is 1. The fourth-order valence-corrected chi connectivity index (χ4v) is 1.34. The third-order valence-electron chi connectivity index (χ3n) is 1.66. The van der Waals surface area contributed by atoms with Crippen LogP contribution in [0.5, 0.6) is 0 Å². The maximum absolute atomic E-state index is 11.8. The Morgan fingerprint density at radius 3 is 2.76 bits per heavy atom. The lowest BCUT2D eigenvalue weighted by atomic mass is 10.4. The SMILES string of the molecule is O=C(CNCC(F)(F)F)Nc1ccncc1Br. The van der Waals surface area contributed by atoms with Crippen molar-refractivity contribution in [1.29, 1.82) is 0 Å². The van der Waals surface area contributed by atoms with Crippen LogP contribution in [-0.2, 0) is 4.79 Å². The summed E-state index contributed by atoms with van der Waals surface area (Å²) >= 11 is 3.15. The van der Waals surface area contributed by atoms with Gasteiger partial charge in [-0.25, -0.2) is 0 Å². The molecule has 1 rings (SSSR count). The number of anilines is 1. The number of alkyl halides is 3. The van der Waals surface area contributed by atoms with Crippen LogP contribution in [0.25, 0.3) is 0 Å². The number of carbonyl (C=O) groups is 1. The van der Waals surface area contributed by atoms with Crippen LogP contribution in [-0.4, -0.2) is 30.2 Å². The molecule has 0 saturated carbocycles. The van der Waals surface area contributed by atoms with Crippen molar-refractivity contribution in [2.24, 2.45) is 0 Å². The maximum atomic E-state index is 11.8. The molecule has 17 heavy (non-hydrogen) atoms. The summed E-state index contributed by atoms with van der Waals surface area (Å²) in [5.41, 5.74) is 0.457. The first-order valence-electron chi connectivity index (χ1n) is 4.55. The van der Waals surface area contributed by atoms with Crippen LogP contribution in [0.1, 0.15) is 0 Å². The summed E-state index contributed by atoms with van der Waals surface area (Å²) in [7, 11) is 0. The van der Waals surface area contributed by atoms with Crippen molar-refractivity contribution in [3.05, 3.63) is 22.9 Å². The van der Waals surface area contributed by atoms with Crippen molar-refractivity contribution < 1.29 is 18.0 Å². The Kier molecular flexibility index (Phi) is 4.88. The minimum atomic E-state index is -4.32. The Balaban J connectivity index is 2.38. The highest BCUT2D eigenvalue weighted by atomic mass is 79.9. The highest BCUT2D eigenvalue weighted by Crippen LogP contribution is 2.19. The molecule has 0 aliphatic rings. The first kappa shape index (κ1) is 13.9. The van der Waals surface area contributed by atoms with Crippen molar-refractivity contribution >= 4 is 27.5 Å². The topological polar surface area (TPSA) is 54.0 Å². The Labute approximate surface area is 104 Å². The predicted octanol–water partition coefficient (Wildman–Crippen LogP) is 1.93. The molecule has 0 spiro atoms. The molecule has 1 amide bonds. The van der Waals surface area contributed by atoms with Gasteiger partial charge in [0.05, 0.1) is 23.2 Å². The monoisotopic (exact) mass is 311 g/mol. The zero-order valence-corrected chi connectivity index (χ0v) is 10.1. The molecule has 0 atom stereocenters. The fourth-order valence-electron chi connectivity index (χ4n) is 0.989. The van der Waals surface area contributed by atoms with Crippen LogP contribution in [0.3, 0.4) is 0 Å². The second-order valence-electron chi connectivity index (χ2n) is 3.12. The fraction of sp³-hybridized carbons (Fsp3) is 0.333. The Hall–Kier alpha value is -1.15. The zero-order valence-electron chi connectivity index (χ0n) is 8.51. The van der Waals surface area contributed by atoms with Gasteiger partial charge in [-0.15, -0.1) is 0 Å². The predicted molar refractivity (Wildman–Crippen MR) is 59.5 cm³/mol. The highest BCUT2D eigenvalue weighted by molar-refractivity contribution is 9.10. The van der Waals surface area contributed by atoms with Crippen molar-refractivity contribution in [2.75, 3.05) is 18.4 Å². The number of nitrogens with one attached hydrogen (secondary N) is 2. The zero-order chi connectivity index (χ0) is 12.9. The first-order valence-corrected chi connectivity index (χ1v) is 5.34. The van der Waals surface area contributed by atoms with Gasteiger partial charge in [0.25, 0.3) is 0 Å². The van der Waals surface area contributed by atoms with E-state index in [9.17, 15) is 18.0 Å². The molecular formula is C9H9BrF3N3O. The van der Waals surface area contributed by atoms with Gasteiger partial charge >= 0.3 is 6.18 Å². The number of carbonyl (C=O) groups excluding carboxylic acids is 1. The van der Waals surface area contributed by atoms with E-state index in [-0.39, 0.29) is 0 Å². The molecular weight excluding hydrogens is 303 g/mol. The highest BCUT2D eigenvalue weighted by Gasteiger charge is 2.26. The molecule has 0 unspecified atom stereocenters. The smallest absolute Gasteiger partial charge is 0.324 e. The quantitative estimate of drug-likeness (QED) is 0.893. The van der Waals surface area contributed by atoms with Crippen LogP contribution in [0, 0.1) is 0 Å². The van der Waals surface area contributed by atoms with E-state index in [1.165, 1.54) is 18.5 Å². The second kappa shape index (κ2) is 5.97. The summed E-state index contributed by atoms with van der Waals surface area (Å²) in [4.78, 5) is 15.1. The lowest BCUT2D eigenvalue weighted by molar-refractivity contribution is -0.126. The summed E-state index contributed by atoms with van der Waals surface area (Å²) in [6.45, 7) is -1.60. The van der Waals surface area contributed by atoms with E-state index in [1.54, 1.807) is 0 Å². The number of hydrogen-bond acceptors (Lipinski definition) is 3. The van der Waals surface area contributed by atoms with Gasteiger partial charge in [-0.05, 0) is 22.0 Å². The normalized spacial score (nSPS) is 11.3. The number of pyridine rings is 1. The Morgan fingerprint density at radius 2 is 2.18 bits per heavy atom. The van der Waals surface area contributed by atoms with E-state index in [0.29, 0.717) is 10.2 Å². The van der Waals surface area contributed by atoms with Gasteiger partial charge in [0.1, 0.15) is 0 Å². The molecule has 0 fully saturated rings. The molecule has 2 N–H and O–H groups in total. The van der Waals surface area contributed by atoms with E-state index >= 15 is 0 Å². The molecule has 0 radical (unpaired) electrons. The van der Waals surface area contributed by atoms with Gasteiger partial charge in [0.2, 0.25) is 5.91 Å². The van der Waals surface area contributed by atoms with Crippen molar-refractivity contribution in [1.82, 2.24) is 10.3 Å². The van der Waals surface area contributed by atoms with E-state index in [0.717, 1.165) is 0 Å². The van der Waals surface area contributed by atoms with Gasteiger partial charge in [0.15, 0.2) is 0 Å². The average molecular weight is 312 g/mol. The molecule has 0 aromatic carbocycles. The van der Waals surface area contributed by atoms with Gasteiger partial charge < -0.3 is 10.6 Å².